The molecule has 0 spiro atoms. The molecular weight excluding hydrogens is 292 g/mol. The second-order valence-electron chi connectivity index (χ2n) is 6.19. The van der Waals surface area contributed by atoms with Gasteiger partial charge >= 0.3 is 11.9 Å². The van der Waals surface area contributed by atoms with E-state index in [1.165, 1.54) is 0 Å². The van der Waals surface area contributed by atoms with Gasteiger partial charge in [0.05, 0.1) is 5.92 Å². The number of unbranched alkanes of at least 4 members (excludes halogenated alkanes) is 3. The number of rotatable bonds is 9. The first-order valence-corrected chi connectivity index (χ1v) is 8.47. The molecule has 0 saturated heterocycles. The summed E-state index contributed by atoms with van der Waals surface area (Å²) >= 11 is 0. The van der Waals surface area contributed by atoms with Gasteiger partial charge in [0.1, 0.15) is 0 Å². The van der Waals surface area contributed by atoms with Gasteiger partial charge in [-0.2, -0.15) is 0 Å². The minimum atomic E-state index is -0.313. The molecule has 1 unspecified atom stereocenters. The van der Waals surface area contributed by atoms with Crippen molar-refractivity contribution < 1.29 is 19.1 Å². The summed E-state index contributed by atoms with van der Waals surface area (Å²) in [6.45, 7) is 7.89. The van der Waals surface area contributed by atoms with Gasteiger partial charge in [0.25, 0.3) is 0 Å². The van der Waals surface area contributed by atoms with Crippen LogP contribution in [0, 0.1) is 11.8 Å². The summed E-state index contributed by atoms with van der Waals surface area (Å²) in [4.78, 5) is 24.0. The molecule has 0 bridgehead atoms. The lowest BCUT2D eigenvalue weighted by molar-refractivity contribution is -0.141. The Balaban J connectivity index is 2.63. The van der Waals surface area contributed by atoms with Crippen molar-refractivity contribution in [2.75, 3.05) is 0 Å². The molecule has 0 heterocycles. The Labute approximate surface area is 139 Å². The number of benzene rings is 1. The van der Waals surface area contributed by atoms with Crippen LogP contribution in [0.5, 0.6) is 11.5 Å². The first kappa shape index (κ1) is 19.2. The van der Waals surface area contributed by atoms with Gasteiger partial charge in [-0.15, -0.1) is 0 Å². The smallest absolute Gasteiger partial charge is 0.314 e. The van der Waals surface area contributed by atoms with Crippen LogP contribution in [0.2, 0.25) is 0 Å². The highest BCUT2D eigenvalue weighted by atomic mass is 16.6. The van der Waals surface area contributed by atoms with Gasteiger partial charge in [-0.3, -0.25) is 9.59 Å². The average Bonchev–Trinajstić information content (AvgIpc) is 2.52. The third-order valence-corrected chi connectivity index (χ3v) is 3.89. The monoisotopic (exact) mass is 320 g/mol. The van der Waals surface area contributed by atoms with Gasteiger partial charge in [0, 0.05) is 6.42 Å². The first-order chi connectivity index (χ1) is 11.0. The minimum Gasteiger partial charge on any atom is -0.423 e. The number of para-hydroxylation sites is 2. The van der Waals surface area contributed by atoms with Gasteiger partial charge in [-0.05, 0) is 24.5 Å². The van der Waals surface area contributed by atoms with Crippen molar-refractivity contribution in [2.24, 2.45) is 11.8 Å². The van der Waals surface area contributed by atoms with Crippen molar-refractivity contribution in [1.82, 2.24) is 0 Å². The molecule has 4 nitrogen and oxygen atoms in total. The lowest BCUT2D eigenvalue weighted by Crippen LogP contribution is -2.22. The largest absolute Gasteiger partial charge is 0.423 e. The van der Waals surface area contributed by atoms with Crippen LogP contribution in [-0.4, -0.2) is 11.9 Å². The summed E-state index contributed by atoms with van der Waals surface area (Å²) in [7, 11) is 0. The fraction of sp³-hybridized carbons (Fsp3) is 0.579. The highest BCUT2D eigenvalue weighted by molar-refractivity contribution is 5.77. The molecule has 0 radical (unpaired) electrons. The summed E-state index contributed by atoms with van der Waals surface area (Å²) in [5.74, 6) is -0.0271. The van der Waals surface area contributed by atoms with Crippen LogP contribution in [-0.2, 0) is 9.59 Å². The zero-order valence-electron chi connectivity index (χ0n) is 14.6. The van der Waals surface area contributed by atoms with E-state index in [0.29, 0.717) is 17.9 Å². The van der Waals surface area contributed by atoms with Crippen LogP contribution in [0.25, 0.3) is 0 Å². The lowest BCUT2D eigenvalue weighted by Gasteiger charge is -2.15. The summed E-state index contributed by atoms with van der Waals surface area (Å²) in [5, 5.41) is 0. The average molecular weight is 320 g/mol. The zero-order valence-corrected chi connectivity index (χ0v) is 14.6. The van der Waals surface area contributed by atoms with E-state index in [-0.39, 0.29) is 23.8 Å². The molecule has 0 saturated carbocycles. The fourth-order valence-electron chi connectivity index (χ4n) is 1.96. The number of ether oxygens (including phenoxy) is 2. The highest BCUT2D eigenvalue weighted by Gasteiger charge is 2.21. The summed E-state index contributed by atoms with van der Waals surface area (Å²) in [6, 6.07) is 6.79. The molecule has 0 aromatic heterocycles. The highest BCUT2D eigenvalue weighted by Crippen LogP contribution is 2.28. The Morgan fingerprint density at radius 3 is 2.13 bits per heavy atom. The molecule has 0 aliphatic carbocycles. The summed E-state index contributed by atoms with van der Waals surface area (Å²) < 4.78 is 10.7. The molecule has 0 fully saturated rings. The van der Waals surface area contributed by atoms with Crippen LogP contribution < -0.4 is 9.47 Å². The first-order valence-electron chi connectivity index (χ1n) is 8.47. The number of esters is 2. The molecular formula is C19H28O4. The normalized spacial score (nSPS) is 12.0. The maximum Gasteiger partial charge on any atom is 0.314 e. The van der Waals surface area contributed by atoms with Gasteiger partial charge in [0.15, 0.2) is 11.5 Å². The maximum absolute atomic E-state index is 12.1. The maximum atomic E-state index is 12.1. The SMILES string of the molecule is CCCCCCC(=O)Oc1ccccc1OC(=O)C(C)C(C)C. The molecule has 0 aliphatic rings. The molecule has 1 aromatic rings. The van der Waals surface area contributed by atoms with E-state index in [1.54, 1.807) is 24.3 Å². The predicted octanol–water partition coefficient (Wildman–Crippen LogP) is 4.76. The molecule has 4 heteroatoms. The number of hydrogen-bond donors (Lipinski definition) is 0. The van der Waals surface area contributed by atoms with E-state index in [9.17, 15) is 9.59 Å². The second-order valence-corrected chi connectivity index (χ2v) is 6.19. The molecule has 1 aromatic carbocycles. The summed E-state index contributed by atoms with van der Waals surface area (Å²) in [6.07, 6.45) is 4.47. The Kier molecular flexibility index (Phi) is 8.38. The molecule has 0 aliphatic heterocycles. The van der Waals surface area contributed by atoms with Crippen molar-refractivity contribution in [3.63, 3.8) is 0 Å². The van der Waals surface area contributed by atoms with E-state index in [1.807, 2.05) is 20.8 Å². The van der Waals surface area contributed by atoms with Crippen molar-refractivity contribution in [2.45, 2.75) is 59.8 Å². The third-order valence-electron chi connectivity index (χ3n) is 3.89. The van der Waals surface area contributed by atoms with Gasteiger partial charge in [-0.1, -0.05) is 59.1 Å². The minimum absolute atomic E-state index is 0.191. The predicted molar refractivity (Wildman–Crippen MR) is 90.5 cm³/mol. The topological polar surface area (TPSA) is 52.6 Å². The second kappa shape index (κ2) is 10.0. The molecule has 1 rings (SSSR count). The summed E-state index contributed by atoms with van der Waals surface area (Å²) in [5.41, 5.74) is 0. The number of carbonyl (C=O) groups excluding carboxylic acids is 2. The van der Waals surface area contributed by atoms with E-state index >= 15 is 0 Å². The van der Waals surface area contributed by atoms with Crippen molar-refractivity contribution >= 4 is 11.9 Å². The molecule has 1 atom stereocenters. The van der Waals surface area contributed by atoms with Gasteiger partial charge in [-0.25, -0.2) is 0 Å². The fourth-order valence-corrected chi connectivity index (χ4v) is 1.96. The third kappa shape index (κ3) is 6.85. The van der Waals surface area contributed by atoms with E-state index in [4.69, 9.17) is 9.47 Å². The Morgan fingerprint density at radius 2 is 1.57 bits per heavy atom. The van der Waals surface area contributed by atoms with Crippen molar-refractivity contribution in [1.29, 1.82) is 0 Å². The van der Waals surface area contributed by atoms with Crippen LogP contribution in [0.15, 0.2) is 24.3 Å². The van der Waals surface area contributed by atoms with E-state index in [0.717, 1.165) is 25.7 Å². The molecule has 128 valence electrons. The lowest BCUT2D eigenvalue weighted by atomic mass is 9.99. The Hall–Kier alpha value is -1.84. The molecule has 23 heavy (non-hydrogen) atoms. The number of carbonyl (C=O) groups is 2. The van der Waals surface area contributed by atoms with Crippen LogP contribution >= 0.6 is 0 Å². The Bertz CT molecular complexity index is 508. The van der Waals surface area contributed by atoms with Crippen LogP contribution in [0.1, 0.15) is 59.8 Å². The van der Waals surface area contributed by atoms with Gasteiger partial charge in [0.2, 0.25) is 0 Å². The molecule has 0 amide bonds. The van der Waals surface area contributed by atoms with Gasteiger partial charge < -0.3 is 9.47 Å². The van der Waals surface area contributed by atoms with Crippen molar-refractivity contribution in [3.8, 4) is 11.5 Å². The Morgan fingerprint density at radius 1 is 0.957 bits per heavy atom. The van der Waals surface area contributed by atoms with E-state index < -0.39 is 0 Å². The quantitative estimate of drug-likeness (QED) is 0.374. The van der Waals surface area contributed by atoms with Crippen molar-refractivity contribution in [3.05, 3.63) is 24.3 Å². The zero-order chi connectivity index (χ0) is 17.2. The number of hydrogen-bond acceptors (Lipinski definition) is 4. The standard InChI is InChI=1S/C19H28O4/c1-5-6-7-8-13-18(20)22-16-11-9-10-12-17(16)23-19(21)15(4)14(2)3/h9-12,14-15H,5-8,13H2,1-4H3. The molecule has 0 N–H and O–H groups in total. The van der Waals surface area contributed by atoms with E-state index in [2.05, 4.69) is 6.92 Å². The van der Waals surface area contributed by atoms with Crippen LogP contribution in [0.4, 0.5) is 0 Å². The van der Waals surface area contributed by atoms with Crippen LogP contribution in [0.3, 0.4) is 0 Å².